The molecule has 10 fully saturated rings. The monoisotopic (exact) mass is 1020 g/mol. The lowest BCUT2D eigenvalue weighted by molar-refractivity contribution is -0.247. The Hall–Kier alpha value is -0.720. The highest BCUT2D eigenvalue weighted by Crippen LogP contribution is 2.79. The van der Waals surface area contributed by atoms with Crippen LogP contribution in [0.15, 0.2) is 24.3 Å². The summed E-state index contributed by atoms with van der Waals surface area (Å²) < 4.78 is 0. The van der Waals surface area contributed by atoms with Gasteiger partial charge >= 0.3 is 0 Å². The summed E-state index contributed by atoms with van der Waals surface area (Å²) in [7, 11) is 0. The van der Waals surface area contributed by atoms with Crippen molar-refractivity contribution in [3.8, 4) is 0 Å². The molecule has 19 atom stereocenters. The second-order valence-corrected chi connectivity index (χ2v) is 30.7. The number of carbonyl (C=O) groups excluding carboxylic acids is 2. The topological polar surface area (TPSA) is 92.4 Å². The first kappa shape index (κ1) is 56.5. The van der Waals surface area contributed by atoms with Gasteiger partial charge in [-0.1, -0.05) is 93.5 Å². The van der Waals surface area contributed by atoms with Crippen LogP contribution in [-0.2, 0) is 9.59 Å². The Kier molecular flexibility index (Phi) is 15.6. The fourth-order valence-corrected chi connectivity index (χ4v) is 23.3. The Morgan fingerprint density at radius 1 is 0.620 bits per heavy atom. The van der Waals surface area contributed by atoms with Crippen molar-refractivity contribution in [2.75, 3.05) is 31.4 Å². The third-order valence-electron chi connectivity index (χ3n) is 27.2. The van der Waals surface area contributed by atoms with Gasteiger partial charge in [-0.05, 0) is 238 Å². The second-order valence-electron chi connectivity index (χ2n) is 29.9. The predicted molar refractivity (Wildman–Crippen MR) is 298 cm³/mol. The lowest BCUT2D eigenvalue weighted by Crippen LogP contribution is -2.67. The van der Waals surface area contributed by atoms with Gasteiger partial charge in [0.05, 0.1) is 6.10 Å². The number of halogens is 2. The Morgan fingerprint density at radius 3 is 1.69 bits per heavy atom. The average Bonchev–Trinajstić information content (AvgIpc) is 3.91. The van der Waals surface area contributed by atoms with Crippen molar-refractivity contribution >= 4 is 35.3 Å². The minimum atomic E-state index is -0.179. The lowest BCUT2D eigenvalue weighted by Gasteiger charge is -2.73. The van der Waals surface area contributed by atoms with Crippen LogP contribution in [0.1, 0.15) is 212 Å². The number of hydrogen-bond acceptors (Lipinski definition) is 5. The Balaban J connectivity index is 0.000000178. The first-order valence-corrected chi connectivity index (χ1v) is 30.7. The molecule has 0 spiro atoms. The molecule has 0 aromatic heterocycles. The van der Waals surface area contributed by atoms with Crippen LogP contribution in [-0.4, -0.2) is 54.7 Å². The number of rotatable bonds is 8. The number of nitrogens with one attached hydrogen (secondary N) is 1. The van der Waals surface area contributed by atoms with Crippen LogP contribution in [0.4, 0.5) is 0 Å². The van der Waals surface area contributed by atoms with Crippen LogP contribution in [0, 0.1) is 113 Å². The van der Waals surface area contributed by atoms with E-state index in [1.165, 1.54) is 107 Å². The van der Waals surface area contributed by atoms with Gasteiger partial charge in [0.15, 0.2) is 0 Å². The molecule has 7 heteroatoms. The SMILES string of the molecule is C=C(C)[C@@H]1CC[C@]2(C=O)CC[C@]3(C)[C@H](CC[C@@H]4[C@@]5(C)CCC(=O)C(C)(C)[C@@H]5CC[C@]43C)[C@@H]12.C=C(C)[C@@H]1CC[C@]2(CNCCCl)CC[C@]3(C)[C@H](CC[C@@H]4[C@@]5(C)CC[C@H](O)C(C)(C)[C@@H]5CC[C@]43C)[C@@H]12.NCCCl. The van der Waals surface area contributed by atoms with Crippen molar-refractivity contribution < 1.29 is 14.7 Å². The lowest BCUT2D eigenvalue weighted by atomic mass is 9.32. The molecule has 0 unspecified atom stereocenters. The van der Waals surface area contributed by atoms with E-state index in [4.69, 9.17) is 28.9 Å². The number of hydrogen-bond donors (Lipinski definition) is 3. The molecule has 0 amide bonds. The molecular formula is C64H106Cl2N2O3. The van der Waals surface area contributed by atoms with E-state index >= 15 is 0 Å². The number of aliphatic hydroxyl groups excluding tert-OH is 1. The molecule has 71 heavy (non-hydrogen) atoms. The molecule has 0 aliphatic heterocycles. The number of aldehydes is 1. The molecule has 10 saturated carbocycles. The van der Waals surface area contributed by atoms with Crippen LogP contribution >= 0.6 is 23.2 Å². The Bertz CT molecular complexity index is 2020. The number of alkyl halides is 2. The normalized spacial score (nSPS) is 50.8. The highest BCUT2D eigenvalue weighted by molar-refractivity contribution is 6.18. The smallest absolute Gasteiger partial charge is 0.138 e. The molecule has 10 aliphatic carbocycles. The van der Waals surface area contributed by atoms with Crippen molar-refractivity contribution in [1.29, 1.82) is 0 Å². The summed E-state index contributed by atoms with van der Waals surface area (Å²) in [6, 6.07) is 0. The molecular weight excluding hydrogens is 916 g/mol. The number of Topliss-reactive ketones (excluding diaryl/α,β-unsaturated/α-hetero) is 1. The molecule has 4 N–H and O–H groups in total. The van der Waals surface area contributed by atoms with Gasteiger partial charge in [0.1, 0.15) is 12.1 Å². The van der Waals surface area contributed by atoms with Gasteiger partial charge in [0.25, 0.3) is 0 Å². The standard InChI is InChI=1S/C32H54ClNO.C30H46O2.C2H6ClN/c1-21(2)22-10-15-32(20-34-19-18-33)17-16-30(6)23(27(22)32)8-9-25-29(5)13-12-26(35)28(3,4)24(29)11-14-31(25,30)7;1-19(2)20-10-15-30(18-31)17-16-28(6)21(25(20)30)8-9-23-27(5)13-12-24(32)26(3,4)22(27)11-14-29(23,28)7;3-1-2-4/h22-27,34-35H,1,8-20H2,2-7H3;18,20-23,25H,1,8-17H2,2-7H3;1-2,4H2/t22-,23+,24-,25+,26-,27+,29-,30+,31+,32+;20-,21+,22-,23+,25+,27-,28+,29+,30+;/m00./s1. The highest BCUT2D eigenvalue weighted by atomic mass is 35.5. The molecule has 0 bridgehead atoms. The minimum Gasteiger partial charge on any atom is -0.393 e. The number of carbonyl (C=O) groups is 2. The fraction of sp³-hybridized carbons (Fsp3) is 0.906. The van der Waals surface area contributed by atoms with E-state index in [9.17, 15) is 14.7 Å². The van der Waals surface area contributed by atoms with Crippen LogP contribution in [0.3, 0.4) is 0 Å². The van der Waals surface area contributed by atoms with Crippen LogP contribution in [0.2, 0.25) is 0 Å². The van der Waals surface area contributed by atoms with E-state index in [0.29, 0.717) is 92.6 Å². The zero-order valence-electron chi connectivity index (χ0n) is 47.6. The van der Waals surface area contributed by atoms with Crippen LogP contribution in [0.5, 0.6) is 0 Å². The van der Waals surface area contributed by atoms with Gasteiger partial charge in [-0.3, -0.25) is 4.79 Å². The maximum atomic E-state index is 12.9. The van der Waals surface area contributed by atoms with Crippen molar-refractivity contribution in [2.45, 2.75) is 218 Å². The summed E-state index contributed by atoms with van der Waals surface area (Å²) in [6.45, 7) is 41.2. The average molecular weight is 1020 g/mol. The van der Waals surface area contributed by atoms with Gasteiger partial charge in [-0.2, -0.15) is 0 Å². The molecule has 10 aliphatic rings. The summed E-state index contributed by atoms with van der Waals surface area (Å²) in [5, 5.41) is 14.7. The first-order chi connectivity index (χ1) is 33.2. The minimum absolute atomic E-state index is 0.0401. The zero-order valence-corrected chi connectivity index (χ0v) is 49.1. The summed E-state index contributed by atoms with van der Waals surface area (Å²) in [5.74, 6) is 8.31. The maximum absolute atomic E-state index is 12.9. The van der Waals surface area contributed by atoms with E-state index in [1.54, 1.807) is 0 Å². The van der Waals surface area contributed by atoms with Crippen LogP contribution < -0.4 is 11.1 Å². The summed E-state index contributed by atoms with van der Waals surface area (Å²) in [6.07, 6.45) is 25.7. The van der Waals surface area contributed by atoms with Gasteiger partial charge in [0.2, 0.25) is 0 Å². The number of allylic oxidation sites excluding steroid dienone is 2. The molecule has 5 nitrogen and oxygen atoms in total. The van der Waals surface area contributed by atoms with Gasteiger partial charge in [-0.25, -0.2) is 0 Å². The van der Waals surface area contributed by atoms with Crippen molar-refractivity contribution in [2.24, 2.45) is 119 Å². The van der Waals surface area contributed by atoms with Gasteiger partial charge < -0.3 is 21.0 Å². The molecule has 0 aromatic carbocycles. The number of fused-ring (bicyclic) bond motifs is 14. The number of nitrogens with two attached hydrogens (primary N) is 1. The van der Waals surface area contributed by atoms with E-state index in [2.05, 4.69) is 102 Å². The molecule has 0 heterocycles. The largest absolute Gasteiger partial charge is 0.393 e. The molecule has 10 rings (SSSR count). The van der Waals surface area contributed by atoms with Gasteiger partial charge in [-0.15, -0.1) is 23.2 Å². The van der Waals surface area contributed by atoms with E-state index in [-0.39, 0.29) is 33.2 Å². The van der Waals surface area contributed by atoms with E-state index < -0.39 is 0 Å². The Labute approximate surface area is 445 Å². The molecule has 0 radical (unpaired) electrons. The number of ketones is 1. The molecule has 0 aromatic rings. The van der Waals surface area contributed by atoms with Gasteiger partial charge in [0, 0.05) is 48.6 Å². The van der Waals surface area contributed by atoms with E-state index in [1.807, 2.05) is 0 Å². The maximum Gasteiger partial charge on any atom is 0.138 e. The second kappa shape index (κ2) is 19.6. The third-order valence-corrected chi connectivity index (χ3v) is 27.6. The summed E-state index contributed by atoms with van der Waals surface area (Å²) >= 11 is 11.1. The quantitative estimate of drug-likeness (QED) is 0.0975. The predicted octanol–water partition coefficient (Wildman–Crippen LogP) is 15.4. The zero-order chi connectivity index (χ0) is 52.2. The van der Waals surface area contributed by atoms with Crippen molar-refractivity contribution in [3.63, 3.8) is 0 Å². The highest BCUT2D eigenvalue weighted by Gasteiger charge is 2.73. The molecule has 404 valence electrons. The fourth-order valence-electron chi connectivity index (χ4n) is 23.2. The third kappa shape index (κ3) is 8.22. The number of aliphatic hydroxyl groups is 1. The summed E-state index contributed by atoms with van der Waals surface area (Å²) in [5.41, 5.74) is 9.85. The summed E-state index contributed by atoms with van der Waals surface area (Å²) in [4.78, 5) is 25.4. The Morgan fingerprint density at radius 2 is 1.14 bits per heavy atom. The van der Waals surface area contributed by atoms with Crippen molar-refractivity contribution in [3.05, 3.63) is 24.3 Å². The van der Waals surface area contributed by atoms with Crippen molar-refractivity contribution in [1.82, 2.24) is 5.32 Å². The first-order valence-electron chi connectivity index (χ1n) is 29.7. The van der Waals surface area contributed by atoms with E-state index in [0.717, 1.165) is 69.4 Å². The van der Waals surface area contributed by atoms with Crippen LogP contribution in [0.25, 0.3) is 0 Å². The molecule has 0 saturated heterocycles.